The number of thiophene rings is 2. The largest absolute Gasteiger partial charge is 0.391 e. The number of nitrogens with two attached hydrogens (primary N) is 2. The van der Waals surface area contributed by atoms with Crippen LogP contribution >= 0.6 is 22.7 Å². The van der Waals surface area contributed by atoms with Gasteiger partial charge in [-0.15, -0.1) is 22.7 Å². The normalized spacial score (nSPS) is 7.71. The first kappa shape index (κ1) is 12.7. The lowest BCUT2D eigenvalue weighted by molar-refractivity contribution is -0.0979. The van der Waals surface area contributed by atoms with Crippen molar-refractivity contribution in [3.63, 3.8) is 0 Å². The number of nitrogen functional groups attached to an aromatic ring is 2. The van der Waals surface area contributed by atoms with Gasteiger partial charge in [0.1, 0.15) is 6.79 Å². The summed E-state index contributed by atoms with van der Waals surface area (Å²) in [5, 5.41) is 5.68. The molecule has 0 aliphatic carbocycles. The van der Waals surface area contributed by atoms with E-state index in [1.807, 2.05) is 41.8 Å². The zero-order chi connectivity index (χ0) is 10.8. The maximum atomic E-state index is 8.00. The summed E-state index contributed by atoms with van der Waals surface area (Å²) in [5.74, 6) is 0. The SMILES string of the molecule is C=O.Nc1cccs1.Nc1cccs1. The van der Waals surface area contributed by atoms with Crippen molar-refractivity contribution < 1.29 is 4.79 Å². The van der Waals surface area contributed by atoms with Crippen molar-refractivity contribution in [1.29, 1.82) is 0 Å². The van der Waals surface area contributed by atoms with Crippen molar-refractivity contribution in [2.75, 3.05) is 11.5 Å². The first-order valence-corrected chi connectivity index (χ1v) is 5.42. The van der Waals surface area contributed by atoms with Crippen LogP contribution in [0.25, 0.3) is 0 Å². The Bertz CT molecular complexity index is 273. The van der Waals surface area contributed by atoms with Gasteiger partial charge in [0.25, 0.3) is 0 Å². The van der Waals surface area contributed by atoms with Gasteiger partial charge in [0, 0.05) is 0 Å². The van der Waals surface area contributed by atoms with Crippen molar-refractivity contribution in [3.05, 3.63) is 35.0 Å². The average Bonchev–Trinajstić information content (AvgIpc) is 2.83. The van der Waals surface area contributed by atoms with Gasteiger partial charge in [-0.2, -0.15) is 0 Å². The number of rotatable bonds is 0. The first-order valence-electron chi connectivity index (χ1n) is 3.66. The van der Waals surface area contributed by atoms with E-state index in [0.717, 1.165) is 10.0 Å². The molecule has 0 fully saturated rings. The van der Waals surface area contributed by atoms with E-state index in [-0.39, 0.29) is 0 Å². The van der Waals surface area contributed by atoms with E-state index in [2.05, 4.69) is 0 Å². The van der Waals surface area contributed by atoms with Crippen LogP contribution in [-0.4, -0.2) is 6.79 Å². The fraction of sp³-hybridized carbons (Fsp3) is 0. The number of carbonyl (C=O) groups excluding carboxylic acids is 1. The summed E-state index contributed by atoms with van der Waals surface area (Å²) in [7, 11) is 0. The van der Waals surface area contributed by atoms with Crippen molar-refractivity contribution in [3.8, 4) is 0 Å². The molecular formula is C9H12N2OS2. The molecule has 2 rings (SSSR count). The van der Waals surface area contributed by atoms with Crippen LogP contribution in [0.1, 0.15) is 0 Å². The summed E-state index contributed by atoms with van der Waals surface area (Å²) < 4.78 is 0. The Balaban J connectivity index is 0.000000206. The average molecular weight is 228 g/mol. The van der Waals surface area contributed by atoms with E-state index < -0.39 is 0 Å². The van der Waals surface area contributed by atoms with Crippen LogP contribution in [0.5, 0.6) is 0 Å². The van der Waals surface area contributed by atoms with Gasteiger partial charge in [-0.05, 0) is 35.0 Å². The molecule has 0 spiro atoms. The highest BCUT2D eigenvalue weighted by atomic mass is 32.1. The van der Waals surface area contributed by atoms with Gasteiger partial charge in [-0.3, -0.25) is 0 Å². The van der Waals surface area contributed by atoms with Crippen molar-refractivity contribution in [2.24, 2.45) is 0 Å². The molecule has 4 N–H and O–H groups in total. The van der Waals surface area contributed by atoms with Crippen LogP contribution in [0, 0.1) is 0 Å². The van der Waals surface area contributed by atoms with Crippen molar-refractivity contribution in [1.82, 2.24) is 0 Å². The summed E-state index contributed by atoms with van der Waals surface area (Å²) >= 11 is 3.11. The Morgan fingerprint density at radius 1 is 0.929 bits per heavy atom. The van der Waals surface area contributed by atoms with Gasteiger partial charge in [-0.1, -0.05) is 0 Å². The molecule has 14 heavy (non-hydrogen) atoms. The molecule has 0 aliphatic rings. The lowest BCUT2D eigenvalue weighted by Crippen LogP contribution is -1.72. The third kappa shape index (κ3) is 6.22. The molecule has 0 aromatic carbocycles. The van der Waals surface area contributed by atoms with Crippen molar-refractivity contribution >= 4 is 39.5 Å². The van der Waals surface area contributed by atoms with Crippen LogP contribution < -0.4 is 11.5 Å². The molecule has 3 nitrogen and oxygen atoms in total. The third-order valence-electron chi connectivity index (χ3n) is 1.09. The molecule has 5 heteroatoms. The highest BCUT2D eigenvalue weighted by Crippen LogP contribution is 2.08. The molecule has 0 amide bonds. The maximum Gasteiger partial charge on any atom is 0.106 e. The molecule has 0 radical (unpaired) electrons. The zero-order valence-electron chi connectivity index (χ0n) is 7.55. The minimum Gasteiger partial charge on any atom is -0.391 e. The predicted molar refractivity (Wildman–Crippen MR) is 64.6 cm³/mol. The number of anilines is 2. The second-order valence-corrected chi connectivity index (χ2v) is 3.99. The Labute approximate surface area is 91.0 Å². The molecule has 2 heterocycles. The predicted octanol–water partition coefficient (Wildman–Crippen LogP) is 2.48. The Kier molecular flexibility index (Phi) is 7.49. The van der Waals surface area contributed by atoms with Gasteiger partial charge < -0.3 is 16.3 Å². The molecule has 0 saturated heterocycles. The summed E-state index contributed by atoms with van der Waals surface area (Å²) in [6.45, 7) is 2.00. The van der Waals surface area contributed by atoms with Crippen molar-refractivity contribution in [2.45, 2.75) is 0 Å². The summed E-state index contributed by atoms with van der Waals surface area (Å²) in [6, 6.07) is 7.62. The molecule has 2 aromatic heterocycles. The second kappa shape index (κ2) is 8.28. The van der Waals surface area contributed by atoms with Gasteiger partial charge in [-0.25, -0.2) is 0 Å². The quantitative estimate of drug-likeness (QED) is 0.727. The monoisotopic (exact) mass is 228 g/mol. The number of carbonyl (C=O) groups is 1. The Morgan fingerprint density at radius 3 is 1.36 bits per heavy atom. The lowest BCUT2D eigenvalue weighted by atomic mass is 10.6. The van der Waals surface area contributed by atoms with Crippen LogP contribution in [0.4, 0.5) is 10.0 Å². The molecule has 0 atom stereocenters. The standard InChI is InChI=1S/2C4H5NS.CH2O/c2*5-4-2-1-3-6-4;1-2/h2*1-3H,5H2;1H2. The third-order valence-corrected chi connectivity index (χ3v) is 2.49. The van der Waals surface area contributed by atoms with E-state index in [1.54, 1.807) is 22.7 Å². The van der Waals surface area contributed by atoms with Gasteiger partial charge in [0.05, 0.1) is 10.0 Å². The number of hydrogen-bond donors (Lipinski definition) is 2. The molecule has 0 bridgehead atoms. The highest BCUT2D eigenvalue weighted by molar-refractivity contribution is 7.14. The van der Waals surface area contributed by atoms with E-state index >= 15 is 0 Å². The van der Waals surface area contributed by atoms with Gasteiger partial charge in [0.2, 0.25) is 0 Å². The summed E-state index contributed by atoms with van der Waals surface area (Å²) in [5.41, 5.74) is 10.6. The highest BCUT2D eigenvalue weighted by Gasteiger charge is 1.75. The molecule has 0 saturated carbocycles. The van der Waals surface area contributed by atoms with Crippen LogP contribution in [0.15, 0.2) is 35.0 Å². The molecule has 0 aliphatic heterocycles. The van der Waals surface area contributed by atoms with Crippen LogP contribution in [0.2, 0.25) is 0 Å². The topological polar surface area (TPSA) is 69.1 Å². The first-order chi connectivity index (χ1) is 6.79. The van der Waals surface area contributed by atoms with Gasteiger partial charge >= 0.3 is 0 Å². The lowest BCUT2D eigenvalue weighted by Gasteiger charge is -1.68. The molecule has 0 unspecified atom stereocenters. The number of hydrogen-bond acceptors (Lipinski definition) is 5. The van der Waals surface area contributed by atoms with Crippen LogP contribution in [0.3, 0.4) is 0 Å². The fourth-order valence-corrected chi connectivity index (χ4v) is 1.53. The summed E-state index contributed by atoms with van der Waals surface area (Å²) in [4.78, 5) is 8.00. The minimum absolute atomic E-state index is 0.884. The zero-order valence-corrected chi connectivity index (χ0v) is 9.18. The smallest absolute Gasteiger partial charge is 0.106 e. The van der Waals surface area contributed by atoms with E-state index in [0.29, 0.717) is 0 Å². The van der Waals surface area contributed by atoms with E-state index in [9.17, 15) is 0 Å². The maximum absolute atomic E-state index is 8.00. The van der Waals surface area contributed by atoms with Gasteiger partial charge in [0.15, 0.2) is 0 Å². The summed E-state index contributed by atoms with van der Waals surface area (Å²) in [6.07, 6.45) is 0. The minimum atomic E-state index is 0.884. The molecule has 2 aromatic rings. The Morgan fingerprint density at radius 2 is 1.29 bits per heavy atom. The molecular weight excluding hydrogens is 216 g/mol. The second-order valence-electron chi connectivity index (χ2n) is 2.03. The fourth-order valence-electron chi connectivity index (χ4n) is 0.583. The molecule has 76 valence electrons. The van der Waals surface area contributed by atoms with E-state index in [4.69, 9.17) is 16.3 Å². The Hall–Kier alpha value is -1.33. The van der Waals surface area contributed by atoms with Crippen LogP contribution in [-0.2, 0) is 4.79 Å². The van der Waals surface area contributed by atoms with E-state index in [1.165, 1.54) is 0 Å².